The first-order valence-electron chi connectivity index (χ1n) is 5.52. The van der Waals surface area contributed by atoms with E-state index in [4.69, 9.17) is 4.74 Å². The van der Waals surface area contributed by atoms with Crippen molar-refractivity contribution in [1.82, 2.24) is 0 Å². The molecule has 2 unspecified atom stereocenters. The standard InChI is InChI=1S/C11H16O4/c1-7-8(9(12)13)11(15-10(7)14)5-3-2-4-6-11/h7-8H,2-6H2,1H3,(H,12,13). The molecule has 1 saturated carbocycles. The molecule has 0 aromatic rings. The number of carboxylic acids is 1. The van der Waals surface area contributed by atoms with E-state index in [-0.39, 0.29) is 5.97 Å². The summed E-state index contributed by atoms with van der Waals surface area (Å²) < 4.78 is 5.36. The Hall–Kier alpha value is -1.06. The Labute approximate surface area is 88.6 Å². The predicted octanol–water partition coefficient (Wildman–Crippen LogP) is 1.58. The van der Waals surface area contributed by atoms with Crippen molar-refractivity contribution in [2.45, 2.75) is 44.6 Å². The Morgan fingerprint density at radius 1 is 1.40 bits per heavy atom. The second-order valence-electron chi connectivity index (χ2n) is 4.65. The van der Waals surface area contributed by atoms with Crippen molar-refractivity contribution in [3.63, 3.8) is 0 Å². The van der Waals surface area contributed by atoms with Crippen molar-refractivity contribution in [2.24, 2.45) is 11.8 Å². The van der Waals surface area contributed by atoms with Crippen LogP contribution < -0.4 is 0 Å². The van der Waals surface area contributed by atoms with Gasteiger partial charge in [0.2, 0.25) is 0 Å². The van der Waals surface area contributed by atoms with Crippen molar-refractivity contribution < 1.29 is 19.4 Å². The molecule has 2 fully saturated rings. The summed E-state index contributed by atoms with van der Waals surface area (Å²) in [4.78, 5) is 22.7. The number of ether oxygens (including phenoxy) is 1. The van der Waals surface area contributed by atoms with Gasteiger partial charge < -0.3 is 9.84 Å². The lowest BCUT2D eigenvalue weighted by Crippen LogP contribution is -2.42. The summed E-state index contributed by atoms with van der Waals surface area (Å²) in [6.45, 7) is 1.66. The van der Waals surface area contributed by atoms with E-state index in [1.165, 1.54) is 0 Å². The summed E-state index contributed by atoms with van der Waals surface area (Å²) in [6, 6.07) is 0. The van der Waals surface area contributed by atoms with Crippen molar-refractivity contribution in [3.05, 3.63) is 0 Å². The Morgan fingerprint density at radius 2 is 2.00 bits per heavy atom. The summed E-state index contributed by atoms with van der Waals surface area (Å²) in [5, 5.41) is 9.19. The van der Waals surface area contributed by atoms with Crippen LogP contribution in [0.2, 0.25) is 0 Å². The van der Waals surface area contributed by atoms with Gasteiger partial charge >= 0.3 is 11.9 Å². The van der Waals surface area contributed by atoms with Crippen LogP contribution in [0.25, 0.3) is 0 Å². The first-order valence-corrected chi connectivity index (χ1v) is 5.52. The number of hydrogen-bond acceptors (Lipinski definition) is 3. The minimum atomic E-state index is -0.893. The molecular formula is C11H16O4. The number of hydrogen-bond donors (Lipinski definition) is 1. The number of esters is 1. The topological polar surface area (TPSA) is 63.6 Å². The second kappa shape index (κ2) is 3.51. The maximum absolute atomic E-state index is 11.5. The van der Waals surface area contributed by atoms with Crippen LogP contribution in [0.1, 0.15) is 39.0 Å². The molecule has 0 aromatic carbocycles. The van der Waals surface area contributed by atoms with Crippen LogP contribution in [-0.4, -0.2) is 22.6 Å². The molecule has 2 rings (SSSR count). The lowest BCUT2D eigenvalue weighted by Gasteiger charge is -2.35. The molecule has 1 aliphatic heterocycles. The van der Waals surface area contributed by atoms with E-state index in [1.807, 2.05) is 0 Å². The first-order chi connectivity index (χ1) is 7.07. The molecule has 2 aliphatic rings. The summed E-state index contributed by atoms with van der Waals surface area (Å²) in [7, 11) is 0. The number of carbonyl (C=O) groups is 2. The minimum Gasteiger partial charge on any atom is -0.481 e. The van der Waals surface area contributed by atoms with Gasteiger partial charge in [-0.2, -0.15) is 0 Å². The van der Waals surface area contributed by atoms with Gasteiger partial charge in [-0.1, -0.05) is 13.3 Å². The van der Waals surface area contributed by atoms with E-state index in [0.717, 1.165) is 19.3 Å². The zero-order chi connectivity index (χ0) is 11.1. The SMILES string of the molecule is CC1C(=O)OC2(CCCCC2)C1C(=O)O. The monoisotopic (exact) mass is 212 g/mol. The van der Waals surface area contributed by atoms with E-state index >= 15 is 0 Å². The molecule has 1 spiro atoms. The van der Waals surface area contributed by atoms with E-state index in [9.17, 15) is 14.7 Å². The maximum Gasteiger partial charge on any atom is 0.311 e. The zero-order valence-electron chi connectivity index (χ0n) is 8.86. The predicted molar refractivity (Wildman–Crippen MR) is 52.2 cm³/mol. The van der Waals surface area contributed by atoms with Crippen molar-refractivity contribution >= 4 is 11.9 Å². The quantitative estimate of drug-likeness (QED) is 0.670. The van der Waals surface area contributed by atoms with Gasteiger partial charge in [0.05, 0.1) is 5.92 Å². The molecule has 84 valence electrons. The molecule has 0 amide bonds. The molecule has 1 aliphatic carbocycles. The summed E-state index contributed by atoms with van der Waals surface area (Å²) in [5.41, 5.74) is -0.694. The molecule has 2 atom stereocenters. The van der Waals surface area contributed by atoms with Crippen LogP contribution in [0, 0.1) is 11.8 Å². The van der Waals surface area contributed by atoms with E-state index in [2.05, 4.69) is 0 Å². The number of aliphatic carboxylic acids is 1. The molecule has 0 bridgehead atoms. The van der Waals surface area contributed by atoms with Gasteiger partial charge in [-0.05, 0) is 25.7 Å². The molecule has 4 heteroatoms. The minimum absolute atomic E-state index is 0.343. The van der Waals surface area contributed by atoms with Crippen molar-refractivity contribution in [3.8, 4) is 0 Å². The Kier molecular flexibility index (Phi) is 2.44. The van der Waals surface area contributed by atoms with Crippen LogP contribution >= 0.6 is 0 Å². The van der Waals surface area contributed by atoms with Crippen LogP contribution in [0.3, 0.4) is 0 Å². The fraction of sp³-hybridized carbons (Fsp3) is 0.818. The van der Waals surface area contributed by atoms with Gasteiger partial charge in [-0.25, -0.2) is 0 Å². The molecule has 1 heterocycles. The van der Waals surface area contributed by atoms with Crippen LogP contribution in [-0.2, 0) is 14.3 Å². The van der Waals surface area contributed by atoms with Crippen LogP contribution in [0.4, 0.5) is 0 Å². The Morgan fingerprint density at radius 3 is 2.53 bits per heavy atom. The lowest BCUT2D eigenvalue weighted by molar-refractivity contribution is -0.158. The molecule has 0 aromatic heterocycles. The van der Waals surface area contributed by atoms with Crippen molar-refractivity contribution in [1.29, 1.82) is 0 Å². The van der Waals surface area contributed by atoms with E-state index in [1.54, 1.807) is 6.92 Å². The molecule has 1 N–H and O–H groups in total. The van der Waals surface area contributed by atoms with Gasteiger partial charge in [-0.15, -0.1) is 0 Å². The van der Waals surface area contributed by atoms with Gasteiger partial charge in [0.15, 0.2) is 0 Å². The van der Waals surface area contributed by atoms with Crippen molar-refractivity contribution in [2.75, 3.05) is 0 Å². The Bertz CT molecular complexity index is 291. The fourth-order valence-corrected chi connectivity index (χ4v) is 2.95. The van der Waals surface area contributed by atoms with Gasteiger partial charge in [0.1, 0.15) is 11.5 Å². The molecular weight excluding hydrogens is 196 g/mol. The second-order valence-corrected chi connectivity index (χ2v) is 4.65. The zero-order valence-corrected chi connectivity index (χ0v) is 8.86. The van der Waals surface area contributed by atoms with E-state index < -0.39 is 23.4 Å². The smallest absolute Gasteiger partial charge is 0.311 e. The third-order valence-corrected chi connectivity index (χ3v) is 3.71. The number of carbonyl (C=O) groups excluding carboxylic acids is 1. The average Bonchev–Trinajstić information content (AvgIpc) is 2.40. The largest absolute Gasteiger partial charge is 0.481 e. The maximum atomic E-state index is 11.5. The normalized spacial score (nSPS) is 34.1. The number of rotatable bonds is 1. The number of carboxylic acid groups (broad SMARTS) is 1. The third kappa shape index (κ3) is 1.52. The van der Waals surface area contributed by atoms with Crippen LogP contribution in [0.5, 0.6) is 0 Å². The average molecular weight is 212 g/mol. The molecule has 0 radical (unpaired) electrons. The summed E-state index contributed by atoms with van der Waals surface area (Å²) in [6.07, 6.45) is 4.45. The summed E-state index contributed by atoms with van der Waals surface area (Å²) >= 11 is 0. The highest BCUT2D eigenvalue weighted by Crippen LogP contribution is 2.46. The molecule has 4 nitrogen and oxygen atoms in total. The van der Waals surface area contributed by atoms with Crippen LogP contribution in [0.15, 0.2) is 0 Å². The highest BCUT2D eigenvalue weighted by atomic mass is 16.6. The fourth-order valence-electron chi connectivity index (χ4n) is 2.95. The van der Waals surface area contributed by atoms with Gasteiger partial charge in [-0.3, -0.25) is 9.59 Å². The lowest BCUT2D eigenvalue weighted by atomic mass is 9.73. The van der Waals surface area contributed by atoms with E-state index in [0.29, 0.717) is 12.8 Å². The first kappa shape index (κ1) is 10.5. The summed E-state index contributed by atoms with van der Waals surface area (Å²) in [5.74, 6) is -2.38. The Balaban J connectivity index is 2.29. The third-order valence-electron chi connectivity index (χ3n) is 3.71. The highest BCUT2D eigenvalue weighted by Gasteiger charge is 2.57. The van der Waals surface area contributed by atoms with Gasteiger partial charge in [0.25, 0.3) is 0 Å². The highest BCUT2D eigenvalue weighted by molar-refractivity contribution is 5.85. The molecule has 15 heavy (non-hydrogen) atoms. The van der Waals surface area contributed by atoms with Gasteiger partial charge in [0, 0.05) is 0 Å². The molecule has 1 saturated heterocycles.